The van der Waals surface area contributed by atoms with Crippen LogP contribution in [0.25, 0.3) is 0 Å². The molecule has 1 rings (SSSR count). The second kappa shape index (κ2) is 8.08. The molecule has 1 heterocycles. The molecule has 15 heavy (non-hydrogen) atoms. The van der Waals surface area contributed by atoms with E-state index in [4.69, 9.17) is 16.0 Å². The molecular formula is C11H18ClNOS. The first-order chi connectivity index (χ1) is 7.33. The molecule has 0 aliphatic rings. The van der Waals surface area contributed by atoms with E-state index >= 15 is 0 Å². The van der Waals surface area contributed by atoms with Gasteiger partial charge in [0.1, 0.15) is 5.76 Å². The average molecular weight is 248 g/mol. The van der Waals surface area contributed by atoms with Gasteiger partial charge < -0.3 is 9.73 Å². The van der Waals surface area contributed by atoms with Crippen molar-refractivity contribution in [1.29, 1.82) is 0 Å². The maximum atomic E-state index is 5.67. The van der Waals surface area contributed by atoms with Crippen LogP contribution in [0.5, 0.6) is 0 Å². The molecule has 0 amide bonds. The van der Waals surface area contributed by atoms with Crippen LogP contribution in [0.2, 0.25) is 5.22 Å². The molecule has 0 aliphatic heterocycles. The Bertz CT molecular complexity index is 265. The molecule has 0 radical (unpaired) electrons. The molecule has 0 saturated heterocycles. The lowest BCUT2D eigenvalue weighted by atomic mass is 10.3. The van der Waals surface area contributed by atoms with Gasteiger partial charge in [-0.15, -0.1) is 0 Å². The summed E-state index contributed by atoms with van der Waals surface area (Å²) in [5, 5.41) is 3.80. The van der Waals surface area contributed by atoms with Crippen molar-refractivity contribution in [2.45, 2.75) is 25.5 Å². The highest BCUT2D eigenvalue weighted by Gasteiger charge is 1.99. The van der Waals surface area contributed by atoms with Gasteiger partial charge in [0.25, 0.3) is 0 Å². The highest BCUT2D eigenvalue weighted by atomic mass is 35.5. The maximum absolute atomic E-state index is 5.67. The Kier molecular flexibility index (Phi) is 6.98. The zero-order valence-electron chi connectivity index (χ0n) is 9.09. The molecule has 0 aromatic carbocycles. The van der Waals surface area contributed by atoms with Crippen molar-refractivity contribution in [2.75, 3.05) is 18.8 Å². The van der Waals surface area contributed by atoms with Crippen molar-refractivity contribution in [1.82, 2.24) is 5.32 Å². The van der Waals surface area contributed by atoms with Crippen molar-refractivity contribution in [2.24, 2.45) is 0 Å². The van der Waals surface area contributed by atoms with Crippen LogP contribution in [0.1, 0.15) is 25.5 Å². The molecule has 1 N–H and O–H groups in total. The van der Waals surface area contributed by atoms with Crippen molar-refractivity contribution in [3.05, 3.63) is 23.1 Å². The summed E-state index contributed by atoms with van der Waals surface area (Å²) in [4.78, 5) is 0. The van der Waals surface area contributed by atoms with Crippen LogP contribution in [-0.2, 0) is 5.75 Å². The summed E-state index contributed by atoms with van der Waals surface area (Å²) < 4.78 is 5.26. The van der Waals surface area contributed by atoms with Gasteiger partial charge in [0.15, 0.2) is 5.22 Å². The molecule has 0 bridgehead atoms. The van der Waals surface area contributed by atoms with Crippen molar-refractivity contribution in [3.63, 3.8) is 0 Å². The van der Waals surface area contributed by atoms with Gasteiger partial charge in [-0.2, -0.15) is 11.8 Å². The standard InChI is InChI=1S/C11H18ClNOS/c1-2-13-7-3-4-8-15-9-10-5-6-11(12)14-10/h5-6,13H,2-4,7-9H2,1H3. The fraction of sp³-hybridized carbons (Fsp3) is 0.636. The predicted molar refractivity (Wildman–Crippen MR) is 67.7 cm³/mol. The Labute approximate surface area is 101 Å². The number of furan rings is 1. The van der Waals surface area contributed by atoms with Crippen LogP contribution in [-0.4, -0.2) is 18.8 Å². The Balaban J connectivity index is 1.93. The van der Waals surface area contributed by atoms with Crippen LogP contribution in [0.15, 0.2) is 16.5 Å². The highest BCUT2D eigenvalue weighted by molar-refractivity contribution is 7.98. The van der Waals surface area contributed by atoms with Gasteiger partial charge in [-0.25, -0.2) is 0 Å². The number of hydrogen-bond donors (Lipinski definition) is 1. The van der Waals surface area contributed by atoms with Crippen LogP contribution < -0.4 is 5.32 Å². The largest absolute Gasteiger partial charge is 0.449 e. The summed E-state index contributed by atoms with van der Waals surface area (Å²) in [6, 6.07) is 3.73. The summed E-state index contributed by atoms with van der Waals surface area (Å²) in [7, 11) is 0. The first kappa shape index (κ1) is 12.9. The Morgan fingerprint density at radius 1 is 1.40 bits per heavy atom. The predicted octanol–water partition coefficient (Wildman–Crippen LogP) is 3.56. The van der Waals surface area contributed by atoms with Gasteiger partial charge in [0.05, 0.1) is 5.75 Å². The normalized spacial score (nSPS) is 10.8. The number of unbranched alkanes of at least 4 members (excludes halogenated alkanes) is 1. The second-order valence-corrected chi connectivity index (χ2v) is 4.80. The first-order valence-electron chi connectivity index (χ1n) is 5.35. The maximum Gasteiger partial charge on any atom is 0.193 e. The Morgan fingerprint density at radius 3 is 2.93 bits per heavy atom. The molecule has 1 aromatic heterocycles. The van der Waals surface area contributed by atoms with Gasteiger partial charge >= 0.3 is 0 Å². The van der Waals surface area contributed by atoms with E-state index in [1.807, 2.05) is 17.8 Å². The second-order valence-electron chi connectivity index (χ2n) is 3.32. The third kappa shape index (κ3) is 6.13. The van der Waals surface area contributed by atoms with Gasteiger partial charge in [0.2, 0.25) is 0 Å². The summed E-state index contributed by atoms with van der Waals surface area (Å²) in [5.41, 5.74) is 0. The Morgan fingerprint density at radius 2 is 2.27 bits per heavy atom. The molecule has 4 heteroatoms. The quantitative estimate of drug-likeness (QED) is 0.712. The summed E-state index contributed by atoms with van der Waals surface area (Å²) >= 11 is 7.57. The van der Waals surface area contributed by atoms with Gasteiger partial charge in [0, 0.05) is 0 Å². The van der Waals surface area contributed by atoms with Crippen LogP contribution in [0.3, 0.4) is 0 Å². The van der Waals surface area contributed by atoms with Gasteiger partial charge in [-0.1, -0.05) is 6.92 Å². The van der Waals surface area contributed by atoms with E-state index in [1.54, 1.807) is 6.07 Å². The van der Waals surface area contributed by atoms with E-state index < -0.39 is 0 Å². The van der Waals surface area contributed by atoms with Crippen LogP contribution in [0, 0.1) is 0 Å². The molecule has 1 aromatic rings. The summed E-state index contributed by atoms with van der Waals surface area (Å²) in [6.45, 7) is 4.33. The van der Waals surface area contributed by atoms with Crippen molar-refractivity contribution < 1.29 is 4.42 Å². The lowest BCUT2D eigenvalue weighted by Gasteiger charge is -2.01. The molecule has 0 fully saturated rings. The lowest BCUT2D eigenvalue weighted by molar-refractivity contribution is 0.532. The summed E-state index contributed by atoms with van der Waals surface area (Å²) in [6.07, 6.45) is 2.51. The third-order valence-electron chi connectivity index (χ3n) is 2.02. The molecule has 0 atom stereocenters. The molecule has 2 nitrogen and oxygen atoms in total. The number of halogens is 1. The Hall–Kier alpha value is -0.120. The number of hydrogen-bond acceptors (Lipinski definition) is 3. The minimum atomic E-state index is 0.484. The molecule has 0 unspecified atom stereocenters. The fourth-order valence-electron chi connectivity index (χ4n) is 1.23. The number of rotatable bonds is 8. The molecule has 86 valence electrons. The molecule has 0 spiro atoms. The van der Waals surface area contributed by atoms with E-state index in [1.165, 1.54) is 18.6 Å². The van der Waals surface area contributed by atoms with E-state index in [2.05, 4.69) is 12.2 Å². The zero-order valence-corrected chi connectivity index (χ0v) is 10.7. The van der Waals surface area contributed by atoms with Gasteiger partial charge in [-0.3, -0.25) is 0 Å². The third-order valence-corrected chi connectivity index (χ3v) is 3.28. The van der Waals surface area contributed by atoms with E-state index in [-0.39, 0.29) is 0 Å². The fourth-order valence-corrected chi connectivity index (χ4v) is 2.30. The molecule has 0 aliphatic carbocycles. The minimum Gasteiger partial charge on any atom is -0.449 e. The van der Waals surface area contributed by atoms with Crippen molar-refractivity contribution in [3.8, 4) is 0 Å². The average Bonchev–Trinajstić information content (AvgIpc) is 2.63. The van der Waals surface area contributed by atoms with E-state index in [9.17, 15) is 0 Å². The SMILES string of the molecule is CCNCCCCSCc1ccc(Cl)o1. The van der Waals surface area contributed by atoms with E-state index in [0.717, 1.165) is 24.6 Å². The number of thioether (sulfide) groups is 1. The smallest absolute Gasteiger partial charge is 0.193 e. The van der Waals surface area contributed by atoms with Crippen LogP contribution >= 0.6 is 23.4 Å². The molecular weight excluding hydrogens is 230 g/mol. The topological polar surface area (TPSA) is 25.2 Å². The number of nitrogens with one attached hydrogen (secondary N) is 1. The van der Waals surface area contributed by atoms with Gasteiger partial charge in [-0.05, 0) is 55.4 Å². The monoisotopic (exact) mass is 247 g/mol. The minimum absolute atomic E-state index is 0.484. The summed E-state index contributed by atoms with van der Waals surface area (Å²) in [5.74, 6) is 3.08. The van der Waals surface area contributed by atoms with Crippen LogP contribution in [0.4, 0.5) is 0 Å². The van der Waals surface area contributed by atoms with E-state index in [0.29, 0.717) is 5.22 Å². The lowest BCUT2D eigenvalue weighted by Crippen LogP contribution is -2.13. The molecule has 0 saturated carbocycles. The van der Waals surface area contributed by atoms with Crippen molar-refractivity contribution >= 4 is 23.4 Å². The highest BCUT2D eigenvalue weighted by Crippen LogP contribution is 2.19. The first-order valence-corrected chi connectivity index (χ1v) is 6.89. The zero-order chi connectivity index (χ0) is 10.9.